The minimum Gasteiger partial charge on any atom is -0.350 e. The molecular formula is C28H28Cl3F2N3O. The predicted molar refractivity (Wildman–Crippen MR) is 145 cm³/mol. The highest BCUT2D eigenvalue weighted by Crippen LogP contribution is 2.36. The topological polar surface area (TPSA) is 35.6 Å². The number of hydrogen-bond donors (Lipinski definition) is 1. The first-order chi connectivity index (χ1) is 17.3. The Hall–Kier alpha value is -2.22. The first-order valence-corrected chi connectivity index (χ1v) is 12.8. The lowest BCUT2D eigenvalue weighted by Crippen LogP contribution is -2.64. The van der Waals surface area contributed by atoms with Crippen molar-refractivity contribution in [2.75, 3.05) is 26.2 Å². The van der Waals surface area contributed by atoms with Crippen molar-refractivity contribution in [2.45, 2.75) is 31.5 Å². The van der Waals surface area contributed by atoms with Crippen molar-refractivity contribution in [3.63, 3.8) is 0 Å². The summed E-state index contributed by atoms with van der Waals surface area (Å²) in [7, 11) is 0. The van der Waals surface area contributed by atoms with Crippen molar-refractivity contribution >= 4 is 41.5 Å². The van der Waals surface area contributed by atoms with Gasteiger partial charge in [-0.1, -0.05) is 47.5 Å². The zero-order chi connectivity index (χ0) is 25.3. The average Bonchev–Trinajstić information content (AvgIpc) is 3.23. The number of benzene rings is 3. The molecular weight excluding hydrogens is 539 g/mol. The Bertz CT molecular complexity index is 1220. The molecule has 1 fully saturated rings. The number of carbonyl (C=O) groups excluding carboxylic acids is 1. The number of hydrogen-bond acceptors (Lipinski definition) is 3. The van der Waals surface area contributed by atoms with Gasteiger partial charge >= 0.3 is 0 Å². The van der Waals surface area contributed by atoms with Gasteiger partial charge in [0.25, 0.3) is 0 Å². The summed E-state index contributed by atoms with van der Waals surface area (Å²) in [6, 6.07) is 17.1. The highest BCUT2D eigenvalue weighted by atomic mass is 35.5. The van der Waals surface area contributed by atoms with E-state index in [0.717, 1.165) is 18.7 Å². The molecule has 1 heterocycles. The van der Waals surface area contributed by atoms with E-state index in [-0.39, 0.29) is 30.7 Å². The van der Waals surface area contributed by atoms with E-state index >= 15 is 0 Å². The number of rotatable bonds is 6. The predicted octanol–water partition coefficient (Wildman–Crippen LogP) is 5.67. The Morgan fingerprint density at radius 3 is 1.95 bits per heavy atom. The number of nitrogens with zero attached hydrogens (tertiary/aromatic N) is 2. The Labute approximate surface area is 232 Å². The molecule has 1 amide bonds. The van der Waals surface area contributed by atoms with E-state index in [1.807, 2.05) is 12.1 Å². The molecule has 3 aromatic rings. The molecule has 1 aliphatic carbocycles. The lowest BCUT2D eigenvalue weighted by atomic mass is 9.90. The number of fused-ring (bicyclic) bond motifs is 1. The Kier molecular flexibility index (Phi) is 8.77. The summed E-state index contributed by atoms with van der Waals surface area (Å²) in [5.41, 5.74) is 3.10. The van der Waals surface area contributed by atoms with Gasteiger partial charge in [-0.25, -0.2) is 8.78 Å². The van der Waals surface area contributed by atoms with E-state index in [0.29, 0.717) is 48.1 Å². The fraction of sp³-hybridized carbons (Fsp3) is 0.321. The van der Waals surface area contributed by atoms with Gasteiger partial charge in [0.1, 0.15) is 17.2 Å². The van der Waals surface area contributed by atoms with Crippen LogP contribution in [0, 0.1) is 11.6 Å². The Balaban J connectivity index is 0.00000320. The van der Waals surface area contributed by atoms with Crippen LogP contribution in [0.15, 0.2) is 60.7 Å². The van der Waals surface area contributed by atoms with Crippen LogP contribution in [0.2, 0.25) is 10.0 Å². The highest BCUT2D eigenvalue weighted by Gasteiger charge is 2.48. The van der Waals surface area contributed by atoms with Crippen molar-refractivity contribution in [3.05, 3.63) is 105 Å². The first-order valence-electron chi connectivity index (χ1n) is 12.0. The number of nitrogens with one attached hydrogen (secondary N) is 1. The number of carbonyl (C=O) groups is 1. The van der Waals surface area contributed by atoms with Gasteiger partial charge in [0.2, 0.25) is 5.91 Å². The smallest absolute Gasteiger partial charge is 0.241 e. The molecule has 1 aliphatic heterocycles. The van der Waals surface area contributed by atoms with E-state index in [1.165, 1.54) is 35.4 Å². The number of halogens is 5. The molecule has 196 valence electrons. The van der Waals surface area contributed by atoms with Gasteiger partial charge in [-0.2, -0.15) is 0 Å². The van der Waals surface area contributed by atoms with Crippen LogP contribution in [0.25, 0.3) is 0 Å². The molecule has 37 heavy (non-hydrogen) atoms. The van der Waals surface area contributed by atoms with E-state index in [9.17, 15) is 13.6 Å². The van der Waals surface area contributed by atoms with E-state index in [4.69, 9.17) is 23.2 Å². The van der Waals surface area contributed by atoms with Crippen molar-refractivity contribution in [1.29, 1.82) is 0 Å². The monoisotopic (exact) mass is 565 g/mol. The van der Waals surface area contributed by atoms with Gasteiger partial charge in [0, 0.05) is 62.2 Å². The Morgan fingerprint density at radius 1 is 0.838 bits per heavy atom. The van der Waals surface area contributed by atoms with Crippen LogP contribution < -0.4 is 5.32 Å². The first kappa shape index (κ1) is 27.8. The maximum absolute atomic E-state index is 13.8. The molecule has 3 aromatic carbocycles. The van der Waals surface area contributed by atoms with Crippen LogP contribution in [-0.2, 0) is 30.7 Å². The van der Waals surface area contributed by atoms with Crippen LogP contribution in [0.5, 0.6) is 0 Å². The summed E-state index contributed by atoms with van der Waals surface area (Å²) < 4.78 is 27.6. The quantitative estimate of drug-likeness (QED) is 0.418. The lowest BCUT2D eigenvalue weighted by Gasteiger charge is -2.45. The zero-order valence-electron chi connectivity index (χ0n) is 20.2. The molecule has 5 rings (SSSR count). The SMILES string of the molecule is Cl.O=C(NCc1cc(F)cc(Cl)c1)C1(N2CCN(Cc3cc(F)cc(Cl)c3)CC2)Cc2ccccc2C1. The van der Waals surface area contributed by atoms with Crippen molar-refractivity contribution in [3.8, 4) is 0 Å². The summed E-state index contributed by atoms with van der Waals surface area (Å²) in [5, 5.41) is 3.75. The standard InChI is InChI=1S/C28H27Cl2F2N3O.ClH/c29-23-9-19(11-25(31)13-23)17-33-27(36)28(15-21-3-1-2-4-22(21)16-28)35-7-5-34(6-8-35)18-20-10-24(30)14-26(32)12-20;/h1-4,9-14H,5-8,15-18H2,(H,33,36);1H. The number of piperazine rings is 1. The largest absolute Gasteiger partial charge is 0.350 e. The van der Waals surface area contributed by atoms with E-state index in [1.54, 1.807) is 12.1 Å². The van der Waals surface area contributed by atoms with Gasteiger partial charge in [0.15, 0.2) is 0 Å². The third-order valence-corrected chi connectivity index (χ3v) is 7.62. The molecule has 0 atom stereocenters. The van der Waals surface area contributed by atoms with Gasteiger partial charge in [-0.3, -0.25) is 14.6 Å². The maximum Gasteiger partial charge on any atom is 0.241 e. The van der Waals surface area contributed by atoms with Crippen LogP contribution in [0.4, 0.5) is 8.78 Å². The summed E-state index contributed by atoms with van der Waals surface area (Å²) in [4.78, 5) is 18.3. The van der Waals surface area contributed by atoms with E-state index < -0.39 is 11.4 Å². The molecule has 4 nitrogen and oxygen atoms in total. The molecule has 9 heteroatoms. The molecule has 0 radical (unpaired) electrons. The third-order valence-electron chi connectivity index (χ3n) is 7.19. The van der Waals surface area contributed by atoms with Crippen molar-refractivity contribution < 1.29 is 13.6 Å². The molecule has 1 N–H and O–H groups in total. The minimum atomic E-state index is -0.713. The summed E-state index contributed by atoms with van der Waals surface area (Å²) in [6.07, 6.45) is 1.25. The fourth-order valence-corrected chi connectivity index (χ4v) is 5.97. The average molecular weight is 567 g/mol. The third kappa shape index (κ3) is 6.27. The summed E-state index contributed by atoms with van der Waals surface area (Å²) in [6.45, 7) is 3.71. The fourth-order valence-electron chi connectivity index (χ4n) is 5.48. The van der Waals surface area contributed by atoms with Gasteiger partial charge in [-0.15, -0.1) is 12.4 Å². The molecule has 0 unspecified atom stereocenters. The molecule has 2 aliphatic rings. The Morgan fingerprint density at radius 2 is 1.38 bits per heavy atom. The van der Waals surface area contributed by atoms with E-state index in [2.05, 4.69) is 27.2 Å². The molecule has 0 aromatic heterocycles. The second kappa shape index (κ2) is 11.7. The molecule has 0 bridgehead atoms. The highest BCUT2D eigenvalue weighted by molar-refractivity contribution is 6.30. The molecule has 1 saturated heterocycles. The number of amides is 1. The normalized spacial score (nSPS) is 17.2. The van der Waals surface area contributed by atoms with Gasteiger partial charge < -0.3 is 5.32 Å². The van der Waals surface area contributed by atoms with Crippen LogP contribution in [-0.4, -0.2) is 47.4 Å². The zero-order valence-corrected chi connectivity index (χ0v) is 22.5. The summed E-state index contributed by atoms with van der Waals surface area (Å²) in [5.74, 6) is -0.829. The second-order valence-corrected chi connectivity index (χ2v) is 10.5. The maximum atomic E-state index is 13.8. The molecule has 0 spiro atoms. The van der Waals surface area contributed by atoms with Gasteiger partial charge in [0.05, 0.1) is 0 Å². The van der Waals surface area contributed by atoms with Crippen molar-refractivity contribution in [2.24, 2.45) is 0 Å². The second-order valence-electron chi connectivity index (χ2n) is 9.66. The lowest BCUT2D eigenvalue weighted by molar-refractivity contribution is -0.135. The van der Waals surface area contributed by atoms with Crippen LogP contribution >= 0.6 is 35.6 Å². The van der Waals surface area contributed by atoms with Crippen molar-refractivity contribution in [1.82, 2.24) is 15.1 Å². The van der Waals surface area contributed by atoms with Crippen LogP contribution in [0.3, 0.4) is 0 Å². The van der Waals surface area contributed by atoms with Crippen LogP contribution in [0.1, 0.15) is 22.3 Å². The van der Waals surface area contributed by atoms with Gasteiger partial charge in [-0.05, 0) is 58.7 Å². The molecule has 0 saturated carbocycles. The minimum absolute atomic E-state index is 0. The summed E-state index contributed by atoms with van der Waals surface area (Å²) >= 11 is 12.0.